The predicted octanol–water partition coefficient (Wildman–Crippen LogP) is 3.55. The van der Waals surface area contributed by atoms with Crippen molar-refractivity contribution in [2.24, 2.45) is 5.92 Å². The van der Waals surface area contributed by atoms with Crippen LogP contribution in [0, 0.1) is 5.92 Å². The van der Waals surface area contributed by atoms with Gasteiger partial charge in [0.2, 0.25) is 0 Å². The van der Waals surface area contributed by atoms with Crippen LogP contribution < -0.4 is 10.6 Å². The van der Waals surface area contributed by atoms with Crippen molar-refractivity contribution < 1.29 is 22.7 Å². The number of amides is 2. The minimum absolute atomic E-state index is 0.118. The first-order valence-electron chi connectivity index (χ1n) is 9.61. The lowest BCUT2D eigenvalue weighted by Crippen LogP contribution is -2.60. The van der Waals surface area contributed by atoms with Crippen molar-refractivity contribution in [3.63, 3.8) is 0 Å². The fourth-order valence-corrected chi connectivity index (χ4v) is 5.70. The molecule has 2 aromatic rings. The Morgan fingerprint density at radius 2 is 1.74 bits per heavy atom. The molecule has 0 aromatic heterocycles. The zero-order valence-corrected chi connectivity index (χ0v) is 20.2. The van der Waals surface area contributed by atoms with E-state index in [1.165, 1.54) is 12.1 Å². The van der Waals surface area contributed by atoms with Crippen LogP contribution in [0.2, 0.25) is 0 Å². The number of benzene rings is 2. The van der Waals surface area contributed by atoms with Crippen molar-refractivity contribution >= 4 is 49.5 Å². The van der Waals surface area contributed by atoms with E-state index in [0.717, 1.165) is 9.37 Å². The highest BCUT2D eigenvalue weighted by Gasteiger charge is 2.44. The molecule has 10 heteroatoms. The van der Waals surface area contributed by atoms with Crippen molar-refractivity contribution in [2.45, 2.75) is 28.8 Å². The van der Waals surface area contributed by atoms with Gasteiger partial charge in [-0.2, -0.15) is 0 Å². The van der Waals surface area contributed by atoms with Gasteiger partial charge in [0.15, 0.2) is 9.84 Å². The van der Waals surface area contributed by atoms with Gasteiger partial charge < -0.3 is 15.4 Å². The Bertz CT molecular complexity index is 1040. The molecule has 2 aromatic carbocycles. The van der Waals surface area contributed by atoms with Crippen LogP contribution in [-0.2, 0) is 19.4 Å². The molecule has 1 heterocycles. The molecule has 0 spiro atoms. The lowest BCUT2D eigenvalue weighted by molar-refractivity contribution is -0.150. The third-order valence-electron chi connectivity index (χ3n) is 5.00. The van der Waals surface area contributed by atoms with Crippen LogP contribution >= 0.6 is 27.7 Å². The summed E-state index contributed by atoms with van der Waals surface area (Å²) in [6.07, 6.45) is 1.95. The second-order valence-electron chi connectivity index (χ2n) is 6.99. The summed E-state index contributed by atoms with van der Waals surface area (Å²) in [4.78, 5) is 26.4. The first kappa shape index (κ1) is 23.6. The van der Waals surface area contributed by atoms with Crippen molar-refractivity contribution in [1.82, 2.24) is 10.6 Å². The predicted molar refractivity (Wildman–Crippen MR) is 123 cm³/mol. The number of sulfone groups is 1. The number of thioether (sulfide) groups is 1. The molecule has 1 aliphatic heterocycles. The fourth-order valence-electron chi connectivity index (χ4n) is 3.52. The zero-order valence-electron chi connectivity index (χ0n) is 17.0. The van der Waals surface area contributed by atoms with Crippen LogP contribution in [0.1, 0.15) is 18.5 Å². The standard InChI is InChI=1S/C21H23BrN2O5S2/c1-3-29-20(25)18-17(12-31(27,28)16-10-6-14(22)7-11-16)23-21(26)24-19(18)13-4-8-15(30-2)9-5-13/h4-11,17-19H,3,12H2,1-2H3,(H2,23,24,26). The van der Waals surface area contributed by atoms with Gasteiger partial charge in [-0.1, -0.05) is 28.1 Å². The van der Waals surface area contributed by atoms with E-state index in [1.807, 2.05) is 30.5 Å². The van der Waals surface area contributed by atoms with Crippen LogP contribution in [0.5, 0.6) is 0 Å². The largest absolute Gasteiger partial charge is 0.466 e. The fraction of sp³-hybridized carbons (Fsp3) is 0.333. The second kappa shape index (κ2) is 10.1. The number of carbonyl (C=O) groups is 2. The smallest absolute Gasteiger partial charge is 0.315 e. The molecule has 2 N–H and O–H groups in total. The number of ether oxygens (including phenoxy) is 1. The zero-order chi connectivity index (χ0) is 22.6. The van der Waals surface area contributed by atoms with E-state index in [9.17, 15) is 18.0 Å². The lowest BCUT2D eigenvalue weighted by atomic mass is 9.86. The van der Waals surface area contributed by atoms with Gasteiger partial charge in [-0.25, -0.2) is 13.2 Å². The van der Waals surface area contributed by atoms with Gasteiger partial charge in [-0.15, -0.1) is 11.8 Å². The van der Waals surface area contributed by atoms with E-state index in [0.29, 0.717) is 5.56 Å². The van der Waals surface area contributed by atoms with Crippen molar-refractivity contribution in [3.05, 3.63) is 58.6 Å². The highest BCUT2D eigenvalue weighted by atomic mass is 79.9. The molecular formula is C21H23BrN2O5S2. The summed E-state index contributed by atoms with van der Waals surface area (Å²) in [7, 11) is -3.77. The Kier molecular flexibility index (Phi) is 7.66. The van der Waals surface area contributed by atoms with E-state index >= 15 is 0 Å². The summed E-state index contributed by atoms with van der Waals surface area (Å²) in [6.45, 7) is 1.83. The number of hydrogen-bond donors (Lipinski definition) is 2. The van der Waals surface area contributed by atoms with Crippen LogP contribution in [0.4, 0.5) is 4.79 Å². The molecule has 0 radical (unpaired) electrons. The number of rotatable bonds is 7. The van der Waals surface area contributed by atoms with Gasteiger partial charge in [0, 0.05) is 9.37 Å². The van der Waals surface area contributed by atoms with Gasteiger partial charge in [0.1, 0.15) is 5.92 Å². The van der Waals surface area contributed by atoms with E-state index in [2.05, 4.69) is 26.6 Å². The molecule has 31 heavy (non-hydrogen) atoms. The molecule has 0 aliphatic carbocycles. The molecule has 1 aliphatic rings. The summed E-state index contributed by atoms with van der Waals surface area (Å²) in [5.74, 6) is -1.90. The van der Waals surface area contributed by atoms with Crippen molar-refractivity contribution in [3.8, 4) is 0 Å². The Morgan fingerprint density at radius 1 is 1.10 bits per heavy atom. The third-order valence-corrected chi connectivity index (χ3v) is 8.06. The number of esters is 1. The van der Waals surface area contributed by atoms with Gasteiger partial charge in [-0.3, -0.25) is 4.79 Å². The molecule has 1 fully saturated rings. The topological polar surface area (TPSA) is 102 Å². The van der Waals surface area contributed by atoms with Crippen LogP contribution in [0.3, 0.4) is 0 Å². The summed E-state index contributed by atoms with van der Waals surface area (Å²) >= 11 is 4.86. The Labute approximate surface area is 194 Å². The summed E-state index contributed by atoms with van der Waals surface area (Å²) in [5.41, 5.74) is 0.705. The Balaban J connectivity index is 1.96. The van der Waals surface area contributed by atoms with Gasteiger partial charge in [0.05, 0.1) is 29.3 Å². The van der Waals surface area contributed by atoms with Crippen LogP contribution in [-0.4, -0.2) is 45.1 Å². The number of nitrogens with one attached hydrogen (secondary N) is 2. The summed E-state index contributed by atoms with van der Waals surface area (Å²) < 4.78 is 32.1. The average molecular weight is 527 g/mol. The summed E-state index contributed by atoms with van der Waals surface area (Å²) in [6, 6.07) is 11.5. The van der Waals surface area contributed by atoms with E-state index in [-0.39, 0.29) is 11.5 Å². The van der Waals surface area contributed by atoms with E-state index in [4.69, 9.17) is 4.74 Å². The average Bonchev–Trinajstić information content (AvgIpc) is 2.73. The second-order valence-corrected chi connectivity index (χ2v) is 10.8. The van der Waals surface area contributed by atoms with Crippen molar-refractivity contribution in [2.75, 3.05) is 18.6 Å². The number of carbonyl (C=O) groups excluding carboxylic acids is 2. The molecule has 166 valence electrons. The Morgan fingerprint density at radius 3 is 2.32 bits per heavy atom. The van der Waals surface area contributed by atoms with E-state index < -0.39 is 45.6 Å². The highest BCUT2D eigenvalue weighted by molar-refractivity contribution is 9.10. The molecule has 3 unspecified atom stereocenters. The molecule has 0 bridgehead atoms. The molecule has 7 nitrogen and oxygen atoms in total. The monoisotopic (exact) mass is 526 g/mol. The maximum atomic E-state index is 13.0. The molecule has 1 saturated heterocycles. The molecular weight excluding hydrogens is 504 g/mol. The molecule has 3 rings (SSSR count). The third kappa shape index (κ3) is 5.61. The first-order chi connectivity index (χ1) is 14.7. The molecule has 0 saturated carbocycles. The quantitative estimate of drug-likeness (QED) is 0.422. The van der Waals surface area contributed by atoms with Gasteiger partial charge in [-0.05, 0) is 55.1 Å². The first-order valence-corrected chi connectivity index (χ1v) is 13.3. The van der Waals surface area contributed by atoms with Crippen molar-refractivity contribution in [1.29, 1.82) is 0 Å². The van der Waals surface area contributed by atoms with E-state index in [1.54, 1.807) is 30.8 Å². The molecule has 3 atom stereocenters. The molecule has 2 amide bonds. The normalized spacial score (nSPS) is 21.1. The van der Waals surface area contributed by atoms with Gasteiger partial charge >= 0.3 is 12.0 Å². The number of halogens is 1. The minimum atomic E-state index is -3.77. The maximum absolute atomic E-state index is 13.0. The maximum Gasteiger partial charge on any atom is 0.315 e. The highest BCUT2D eigenvalue weighted by Crippen LogP contribution is 2.32. The van der Waals surface area contributed by atoms with Crippen LogP contribution in [0.15, 0.2) is 62.8 Å². The minimum Gasteiger partial charge on any atom is -0.466 e. The van der Waals surface area contributed by atoms with Gasteiger partial charge in [0.25, 0.3) is 0 Å². The van der Waals surface area contributed by atoms with Crippen LogP contribution in [0.25, 0.3) is 0 Å². The number of hydrogen-bond acceptors (Lipinski definition) is 6. The lowest BCUT2D eigenvalue weighted by Gasteiger charge is -2.38. The number of urea groups is 1. The Hall–Kier alpha value is -2.04. The summed E-state index contributed by atoms with van der Waals surface area (Å²) in [5, 5.41) is 5.39. The SMILES string of the molecule is CCOC(=O)C1C(CS(=O)(=O)c2ccc(Br)cc2)NC(=O)NC1c1ccc(SC)cc1.